The van der Waals surface area contributed by atoms with Crippen LogP contribution in [0, 0.1) is 22.5 Å². The molecule has 136 valence electrons. The average molecular weight is 347 g/mol. The summed E-state index contributed by atoms with van der Waals surface area (Å²) in [6, 6.07) is 1.83. The fourth-order valence-corrected chi connectivity index (χ4v) is 5.85. The van der Waals surface area contributed by atoms with E-state index in [1.807, 2.05) is 6.07 Å². The Morgan fingerprint density at radius 1 is 1.32 bits per heavy atom. The van der Waals surface area contributed by atoms with Gasteiger partial charge in [0.1, 0.15) is 5.78 Å². The third-order valence-corrected chi connectivity index (χ3v) is 7.11. The summed E-state index contributed by atoms with van der Waals surface area (Å²) in [7, 11) is 1.45. The molecular formula is C19H25NO5. The van der Waals surface area contributed by atoms with Crippen LogP contribution in [-0.4, -0.2) is 23.2 Å². The van der Waals surface area contributed by atoms with Gasteiger partial charge in [-0.3, -0.25) is 4.79 Å². The molecule has 0 aromatic heterocycles. The summed E-state index contributed by atoms with van der Waals surface area (Å²) >= 11 is 0. The summed E-state index contributed by atoms with van der Waals surface area (Å²) in [4.78, 5) is 12.4. The third kappa shape index (κ3) is 2.24. The van der Waals surface area contributed by atoms with Crippen LogP contribution in [-0.2, 0) is 11.2 Å². The molecule has 2 fully saturated rings. The van der Waals surface area contributed by atoms with E-state index in [1.165, 1.54) is 7.11 Å². The summed E-state index contributed by atoms with van der Waals surface area (Å²) in [6.45, 7) is 2.12. The molecule has 3 aliphatic carbocycles. The van der Waals surface area contributed by atoms with Gasteiger partial charge in [0.2, 0.25) is 11.4 Å². The van der Waals surface area contributed by atoms with E-state index in [-0.39, 0.29) is 28.5 Å². The van der Waals surface area contributed by atoms with Crippen LogP contribution in [0.5, 0.6) is 11.5 Å². The van der Waals surface area contributed by atoms with Gasteiger partial charge in [0.25, 0.3) is 0 Å². The molecule has 0 saturated heterocycles. The van der Waals surface area contributed by atoms with Gasteiger partial charge in [-0.2, -0.15) is 5.23 Å². The number of methoxy groups -OCH3 is 1. The van der Waals surface area contributed by atoms with Crippen LogP contribution in [0.1, 0.15) is 56.1 Å². The average Bonchev–Trinajstić information content (AvgIpc) is 2.89. The van der Waals surface area contributed by atoms with Crippen molar-refractivity contribution in [1.29, 1.82) is 0 Å². The lowest BCUT2D eigenvalue weighted by Gasteiger charge is -2.48. The lowest BCUT2D eigenvalue weighted by molar-refractivity contribution is -0.991. The fourth-order valence-electron chi connectivity index (χ4n) is 5.85. The molecule has 4 unspecified atom stereocenters. The number of nitrogens with one attached hydrogen (secondary N) is 1. The molecule has 5 atom stereocenters. The first kappa shape index (κ1) is 16.8. The number of benzene rings is 1. The van der Waals surface area contributed by atoms with Crippen LogP contribution in [0.3, 0.4) is 0 Å². The topological polar surface area (TPSA) is 94.3 Å². The first-order chi connectivity index (χ1) is 11.9. The SMILES string of the molecule is COc1cc2c(c([NH+]([O-])O)c1O)CCC1C2CC[C@]2(C)C(=O)CCC12. The molecule has 0 amide bonds. The first-order valence-corrected chi connectivity index (χ1v) is 9.07. The molecule has 1 aromatic rings. The molecule has 6 nitrogen and oxygen atoms in total. The van der Waals surface area contributed by atoms with Gasteiger partial charge in [-0.15, -0.1) is 0 Å². The van der Waals surface area contributed by atoms with E-state index in [4.69, 9.17) is 4.74 Å². The quantitative estimate of drug-likeness (QED) is 0.563. The number of quaternary nitrogens is 1. The van der Waals surface area contributed by atoms with Gasteiger partial charge in [0, 0.05) is 17.4 Å². The van der Waals surface area contributed by atoms with Gasteiger partial charge in [-0.25, -0.2) is 5.21 Å². The van der Waals surface area contributed by atoms with E-state index in [2.05, 4.69) is 6.92 Å². The summed E-state index contributed by atoms with van der Waals surface area (Å²) < 4.78 is 5.24. The Bertz CT molecular complexity index is 731. The molecule has 3 aliphatic rings. The van der Waals surface area contributed by atoms with Crippen molar-refractivity contribution in [2.75, 3.05) is 7.11 Å². The van der Waals surface area contributed by atoms with Crippen molar-refractivity contribution in [1.82, 2.24) is 0 Å². The maximum atomic E-state index is 12.4. The Morgan fingerprint density at radius 3 is 2.76 bits per heavy atom. The number of phenols is 1. The molecule has 0 aliphatic heterocycles. The Kier molecular flexibility index (Phi) is 3.83. The smallest absolute Gasteiger partial charge is 0.223 e. The number of hydrogen-bond donors (Lipinski definition) is 3. The van der Waals surface area contributed by atoms with Gasteiger partial charge in [0.05, 0.1) is 7.11 Å². The van der Waals surface area contributed by atoms with E-state index in [9.17, 15) is 20.3 Å². The zero-order valence-corrected chi connectivity index (χ0v) is 14.7. The number of carbonyl (C=O) groups excluding carboxylic acids is 1. The Hall–Kier alpha value is -1.63. The van der Waals surface area contributed by atoms with Crippen molar-refractivity contribution >= 4 is 11.5 Å². The second kappa shape index (κ2) is 5.69. The number of ether oxygens (including phenoxy) is 1. The van der Waals surface area contributed by atoms with Crippen molar-refractivity contribution < 1.29 is 25.1 Å². The summed E-state index contributed by atoms with van der Waals surface area (Å²) in [6.07, 6.45) is 4.91. The molecule has 2 saturated carbocycles. The predicted octanol–water partition coefficient (Wildman–Crippen LogP) is 2.23. The minimum absolute atomic E-state index is 0.0105. The van der Waals surface area contributed by atoms with Gasteiger partial charge in [0.15, 0.2) is 5.75 Å². The minimum Gasteiger partial charge on any atom is -0.595 e. The molecule has 3 N–H and O–H groups in total. The van der Waals surface area contributed by atoms with E-state index >= 15 is 0 Å². The number of phenolic OH excluding ortho intramolecular Hbond substituents is 1. The number of ketones is 1. The van der Waals surface area contributed by atoms with Gasteiger partial charge < -0.3 is 15.1 Å². The van der Waals surface area contributed by atoms with E-state index in [0.717, 1.165) is 36.8 Å². The third-order valence-electron chi connectivity index (χ3n) is 7.11. The number of aromatic hydroxyl groups is 1. The second-order valence-corrected chi connectivity index (χ2v) is 8.01. The number of rotatable bonds is 2. The molecule has 4 rings (SSSR count). The molecule has 0 spiro atoms. The Morgan fingerprint density at radius 2 is 2.08 bits per heavy atom. The van der Waals surface area contributed by atoms with Crippen LogP contribution in [0.4, 0.5) is 5.69 Å². The van der Waals surface area contributed by atoms with Crippen LogP contribution in [0.15, 0.2) is 6.07 Å². The zero-order chi connectivity index (χ0) is 17.9. The first-order valence-electron chi connectivity index (χ1n) is 9.07. The number of hydrogen-bond acceptors (Lipinski definition) is 5. The second-order valence-electron chi connectivity index (χ2n) is 8.01. The predicted molar refractivity (Wildman–Crippen MR) is 90.1 cm³/mol. The number of fused-ring (bicyclic) bond motifs is 5. The van der Waals surface area contributed by atoms with Crippen molar-refractivity contribution in [2.45, 2.75) is 51.4 Å². The Balaban J connectivity index is 1.81. The molecular weight excluding hydrogens is 322 g/mol. The Labute approximate surface area is 146 Å². The highest BCUT2D eigenvalue weighted by molar-refractivity contribution is 5.87. The molecule has 0 heterocycles. The van der Waals surface area contributed by atoms with Gasteiger partial charge >= 0.3 is 0 Å². The normalized spacial score (nSPS) is 34.9. The largest absolute Gasteiger partial charge is 0.595 e. The lowest BCUT2D eigenvalue weighted by Crippen LogP contribution is -2.99. The van der Waals surface area contributed by atoms with Crippen LogP contribution in [0.25, 0.3) is 0 Å². The van der Waals surface area contributed by atoms with Crippen LogP contribution >= 0.6 is 0 Å². The van der Waals surface area contributed by atoms with Crippen molar-refractivity contribution in [2.24, 2.45) is 17.3 Å². The monoisotopic (exact) mass is 347 g/mol. The minimum atomic E-state index is -1.11. The molecule has 0 bridgehead atoms. The molecule has 25 heavy (non-hydrogen) atoms. The summed E-state index contributed by atoms with van der Waals surface area (Å²) in [5.41, 5.74) is 1.54. The van der Waals surface area contributed by atoms with Crippen molar-refractivity contribution in [3.05, 3.63) is 22.4 Å². The zero-order valence-electron chi connectivity index (χ0n) is 14.7. The van der Waals surface area contributed by atoms with Crippen LogP contribution in [0.2, 0.25) is 0 Å². The molecule has 1 aromatic carbocycles. The molecule has 0 radical (unpaired) electrons. The summed E-state index contributed by atoms with van der Waals surface area (Å²) in [5.74, 6) is 1.40. The fraction of sp³-hybridized carbons (Fsp3) is 0.632. The number of carbonyl (C=O) groups is 1. The van der Waals surface area contributed by atoms with Crippen LogP contribution < -0.4 is 9.96 Å². The van der Waals surface area contributed by atoms with Crippen molar-refractivity contribution in [3.63, 3.8) is 0 Å². The maximum Gasteiger partial charge on any atom is 0.223 e. The number of Topliss-reactive ketones (excluding diaryl/α,β-unsaturated/α-hetero) is 1. The maximum absolute atomic E-state index is 12.4. The standard InChI is InChI=1S/C19H25NO5/c1-19-8-7-10-11(14(19)5-6-16(19)21)3-4-12-13(10)9-15(25-2)18(22)17(12)20(23)24/h9-11,14,20,22-23H,3-8H2,1-2H3/t10?,11?,14?,19-/m0/s1. The molecule has 6 heteroatoms. The van der Waals surface area contributed by atoms with E-state index in [0.29, 0.717) is 30.5 Å². The van der Waals surface area contributed by atoms with Gasteiger partial charge in [-0.05, 0) is 61.5 Å². The lowest BCUT2D eigenvalue weighted by atomic mass is 9.55. The van der Waals surface area contributed by atoms with E-state index in [1.54, 1.807) is 0 Å². The highest BCUT2D eigenvalue weighted by Gasteiger charge is 2.55. The van der Waals surface area contributed by atoms with Gasteiger partial charge in [-0.1, -0.05) is 6.92 Å². The van der Waals surface area contributed by atoms with E-state index < -0.39 is 5.23 Å². The highest BCUT2D eigenvalue weighted by atomic mass is 16.8. The van der Waals surface area contributed by atoms with Crippen molar-refractivity contribution in [3.8, 4) is 11.5 Å². The highest BCUT2D eigenvalue weighted by Crippen LogP contribution is 2.60. The summed E-state index contributed by atoms with van der Waals surface area (Å²) in [5, 5.41) is 30.5.